The van der Waals surface area contributed by atoms with E-state index in [4.69, 9.17) is 0 Å². The molecule has 1 fully saturated rings. The average molecular weight is 307 g/mol. The minimum atomic E-state index is 0.886. The third-order valence-corrected chi connectivity index (χ3v) is 4.58. The minimum absolute atomic E-state index is 0.886. The topological polar surface area (TPSA) is 48.1 Å². The van der Waals surface area contributed by atoms with Crippen LogP contribution in [-0.4, -0.2) is 58.0 Å². The van der Waals surface area contributed by atoms with Gasteiger partial charge in [-0.1, -0.05) is 24.3 Å². The van der Waals surface area contributed by atoms with E-state index >= 15 is 0 Å². The molecule has 118 valence electrons. The van der Waals surface area contributed by atoms with Crippen LogP contribution < -0.4 is 0 Å². The summed E-state index contributed by atoms with van der Waals surface area (Å²) in [6, 6.07) is 10.8. The van der Waals surface area contributed by atoms with Gasteiger partial charge in [0.25, 0.3) is 0 Å². The van der Waals surface area contributed by atoms with Gasteiger partial charge in [-0.2, -0.15) is 0 Å². The molecule has 0 spiro atoms. The standard InChI is InChI=1S/C18H21N5/c1-22-8-10-23(11-9-22)12-14-2-4-15(5-3-14)17-16-6-7-19-18(16)21-13-20-17/h2-7,13H,8-12H2,1H3,(H,19,20,21). The summed E-state index contributed by atoms with van der Waals surface area (Å²) in [5.74, 6) is 0. The van der Waals surface area contributed by atoms with E-state index in [1.165, 1.54) is 5.56 Å². The molecule has 1 saturated heterocycles. The lowest BCUT2D eigenvalue weighted by Gasteiger charge is -2.32. The van der Waals surface area contributed by atoms with E-state index in [1.54, 1.807) is 6.33 Å². The van der Waals surface area contributed by atoms with Gasteiger partial charge in [0.05, 0.1) is 5.69 Å². The van der Waals surface area contributed by atoms with Crippen LogP contribution in [-0.2, 0) is 6.54 Å². The maximum Gasteiger partial charge on any atom is 0.141 e. The van der Waals surface area contributed by atoms with Crippen LogP contribution in [0.3, 0.4) is 0 Å². The van der Waals surface area contributed by atoms with E-state index in [2.05, 4.69) is 56.1 Å². The first-order valence-corrected chi connectivity index (χ1v) is 8.08. The van der Waals surface area contributed by atoms with Crippen molar-refractivity contribution in [1.82, 2.24) is 24.8 Å². The van der Waals surface area contributed by atoms with Crippen molar-refractivity contribution >= 4 is 11.0 Å². The fourth-order valence-corrected chi connectivity index (χ4v) is 3.13. The fourth-order valence-electron chi connectivity index (χ4n) is 3.13. The summed E-state index contributed by atoms with van der Waals surface area (Å²) in [5, 5.41) is 1.07. The second-order valence-electron chi connectivity index (χ2n) is 6.24. The third-order valence-electron chi connectivity index (χ3n) is 4.58. The van der Waals surface area contributed by atoms with E-state index in [1.807, 2.05) is 12.3 Å². The Morgan fingerprint density at radius 2 is 1.78 bits per heavy atom. The van der Waals surface area contributed by atoms with Crippen LogP contribution in [0.5, 0.6) is 0 Å². The van der Waals surface area contributed by atoms with Crippen LogP contribution in [0, 0.1) is 0 Å². The summed E-state index contributed by atoms with van der Waals surface area (Å²) < 4.78 is 0. The normalized spacial score (nSPS) is 16.9. The summed E-state index contributed by atoms with van der Waals surface area (Å²) >= 11 is 0. The number of benzene rings is 1. The number of rotatable bonds is 3. The molecule has 1 aliphatic heterocycles. The first-order valence-electron chi connectivity index (χ1n) is 8.08. The molecule has 1 aromatic carbocycles. The number of hydrogen-bond acceptors (Lipinski definition) is 4. The smallest absolute Gasteiger partial charge is 0.141 e. The molecule has 5 heteroatoms. The molecule has 5 nitrogen and oxygen atoms in total. The van der Waals surface area contributed by atoms with E-state index in [0.29, 0.717) is 0 Å². The zero-order chi connectivity index (χ0) is 15.6. The molecule has 0 bridgehead atoms. The number of aromatic nitrogens is 3. The van der Waals surface area contributed by atoms with Crippen molar-refractivity contribution in [2.45, 2.75) is 6.54 Å². The average Bonchev–Trinajstić information content (AvgIpc) is 3.06. The van der Waals surface area contributed by atoms with Gasteiger partial charge in [0, 0.05) is 49.9 Å². The molecule has 4 rings (SSSR count). The van der Waals surface area contributed by atoms with Crippen LogP contribution in [0.1, 0.15) is 5.56 Å². The SMILES string of the molecule is CN1CCN(Cc2ccc(-c3ncnc4[nH]ccc34)cc2)CC1. The van der Waals surface area contributed by atoms with Crippen LogP contribution in [0.25, 0.3) is 22.3 Å². The molecule has 0 atom stereocenters. The third kappa shape index (κ3) is 2.98. The number of piperazine rings is 1. The Balaban J connectivity index is 1.53. The summed E-state index contributed by atoms with van der Waals surface area (Å²) in [6.45, 7) is 5.63. The zero-order valence-corrected chi connectivity index (χ0v) is 13.4. The van der Waals surface area contributed by atoms with Gasteiger partial charge in [-0.15, -0.1) is 0 Å². The highest BCUT2D eigenvalue weighted by molar-refractivity contribution is 5.90. The number of fused-ring (bicyclic) bond motifs is 1. The Bertz CT molecular complexity index is 785. The van der Waals surface area contributed by atoms with Gasteiger partial charge in [0.15, 0.2) is 0 Å². The first kappa shape index (κ1) is 14.4. The number of aromatic amines is 1. The van der Waals surface area contributed by atoms with Crippen molar-refractivity contribution < 1.29 is 0 Å². The van der Waals surface area contributed by atoms with E-state index < -0.39 is 0 Å². The molecule has 3 aromatic rings. The molecule has 3 heterocycles. The summed E-state index contributed by atoms with van der Waals surface area (Å²) in [7, 11) is 2.19. The highest BCUT2D eigenvalue weighted by atomic mass is 15.2. The van der Waals surface area contributed by atoms with Crippen molar-refractivity contribution in [1.29, 1.82) is 0 Å². The minimum Gasteiger partial charge on any atom is -0.346 e. The van der Waals surface area contributed by atoms with Gasteiger partial charge < -0.3 is 9.88 Å². The van der Waals surface area contributed by atoms with Crippen molar-refractivity contribution in [3.8, 4) is 11.3 Å². The highest BCUT2D eigenvalue weighted by Crippen LogP contribution is 2.25. The number of nitrogens with one attached hydrogen (secondary N) is 1. The van der Waals surface area contributed by atoms with Crippen LogP contribution in [0.15, 0.2) is 42.9 Å². The molecule has 0 aliphatic carbocycles. The Kier molecular flexibility index (Phi) is 3.81. The predicted molar refractivity (Wildman–Crippen MR) is 92.1 cm³/mol. The zero-order valence-electron chi connectivity index (χ0n) is 13.4. The Morgan fingerprint density at radius 3 is 2.57 bits per heavy atom. The maximum absolute atomic E-state index is 4.46. The Hall–Kier alpha value is -2.24. The molecule has 23 heavy (non-hydrogen) atoms. The van der Waals surface area contributed by atoms with Gasteiger partial charge in [0.2, 0.25) is 0 Å². The highest BCUT2D eigenvalue weighted by Gasteiger charge is 2.14. The van der Waals surface area contributed by atoms with Gasteiger partial charge in [0.1, 0.15) is 12.0 Å². The molecule has 2 aromatic heterocycles. The first-order chi connectivity index (χ1) is 11.3. The largest absolute Gasteiger partial charge is 0.346 e. The Labute approximate surface area is 136 Å². The van der Waals surface area contributed by atoms with Gasteiger partial charge in [-0.25, -0.2) is 9.97 Å². The molecule has 0 radical (unpaired) electrons. The number of likely N-dealkylation sites (N-methyl/N-ethyl adjacent to an activating group) is 1. The van der Waals surface area contributed by atoms with E-state index in [-0.39, 0.29) is 0 Å². The summed E-state index contributed by atoms with van der Waals surface area (Å²) in [6.07, 6.45) is 3.52. The molecule has 0 amide bonds. The van der Waals surface area contributed by atoms with Gasteiger partial charge in [-0.3, -0.25) is 4.90 Å². The molecule has 0 unspecified atom stereocenters. The van der Waals surface area contributed by atoms with Crippen LogP contribution in [0.4, 0.5) is 0 Å². The quantitative estimate of drug-likeness (QED) is 0.807. The Morgan fingerprint density at radius 1 is 1.00 bits per heavy atom. The predicted octanol–water partition coefficient (Wildman–Crippen LogP) is 2.37. The molecular weight excluding hydrogens is 286 g/mol. The number of hydrogen-bond donors (Lipinski definition) is 1. The van der Waals surface area contributed by atoms with E-state index in [9.17, 15) is 0 Å². The van der Waals surface area contributed by atoms with Crippen molar-refractivity contribution in [2.24, 2.45) is 0 Å². The maximum atomic E-state index is 4.46. The number of H-pyrrole nitrogens is 1. The van der Waals surface area contributed by atoms with Gasteiger partial charge >= 0.3 is 0 Å². The van der Waals surface area contributed by atoms with Gasteiger partial charge in [-0.05, 0) is 18.7 Å². The second-order valence-corrected chi connectivity index (χ2v) is 6.24. The molecule has 1 N–H and O–H groups in total. The lowest BCUT2D eigenvalue weighted by Crippen LogP contribution is -2.43. The summed E-state index contributed by atoms with van der Waals surface area (Å²) in [4.78, 5) is 16.7. The second kappa shape index (κ2) is 6.10. The molecular formula is C18H21N5. The van der Waals surface area contributed by atoms with Crippen LogP contribution in [0.2, 0.25) is 0 Å². The molecule has 1 aliphatic rings. The van der Waals surface area contributed by atoms with Crippen molar-refractivity contribution in [3.05, 3.63) is 48.4 Å². The monoisotopic (exact) mass is 307 g/mol. The summed E-state index contributed by atoms with van der Waals surface area (Å²) in [5.41, 5.74) is 4.37. The van der Waals surface area contributed by atoms with E-state index in [0.717, 1.165) is 55.0 Å². The lowest BCUT2D eigenvalue weighted by molar-refractivity contribution is 0.148. The van der Waals surface area contributed by atoms with Crippen LogP contribution >= 0.6 is 0 Å². The fraction of sp³-hybridized carbons (Fsp3) is 0.333. The molecule has 0 saturated carbocycles. The number of nitrogens with zero attached hydrogens (tertiary/aromatic N) is 4. The van der Waals surface area contributed by atoms with Crippen molar-refractivity contribution in [3.63, 3.8) is 0 Å². The van der Waals surface area contributed by atoms with Crippen molar-refractivity contribution in [2.75, 3.05) is 33.2 Å². The lowest BCUT2D eigenvalue weighted by atomic mass is 10.1.